The summed E-state index contributed by atoms with van der Waals surface area (Å²) < 4.78 is 31.8. The maximum Gasteiger partial charge on any atom is 0.314 e. The molecule has 0 fully saturated rings. The SMILES string of the molecule is O=[N+]([O-])c1cc(F)ccc1Oc1ccc(CCl)cc1F. The second-order valence-electron chi connectivity index (χ2n) is 3.87. The Bertz CT molecular complexity index is 664. The molecule has 0 saturated carbocycles. The molecule has 0 heterocycles. The fourth-order valence-electron chi connectivity index (χ4n) is 1.55. The van der Waals surface area contributed by atoms with E-state index < -0.39 is 22.2 Å². The summed E-state index contributed by atoms with van der Waals surface area (Å²) in [6.07, 6.45) is 0. The predicted molar refractivity (Wildman–Crippen MR) is 69.1 cm³/mol. The summed E-state index contributed by atoms with van der Waals surface area (Å²) in [5, 5.41) is 10.8. The Kier molecular flexibility index (Phi) is 4.14. The van der Waals surface area contributed by atoms with Gasteiger partial charge in [0.25, 0.3) is 0 Å². The Balaban J connectivity index is 2.37. The summed E-state index contributed by atoms with van der Waals surface area (Å²) in [6.45, 7) is 0. The number of hydrogen-bond donors (Lipinski definition) is 0. The maximum atomic E-state index is 13.7. The van der Waals surface area contributed by atoms with Crippen LogP contribution in [0.2, 0.25) is 0 Å². The van der Waals surface area contributed by atoms with E-state index in [1.165, 1.54) is 12.1 Å². The van der Waals surface area contributed by atoms with E-state index in [4.69, 9.17) is 16.3 Å². The molecule has 2 aromatic carbocycles. The van der Waals surface area contributed by atoms with Crippen molar-refractivity contribution in [2.45, 2.75) is 5.88 Å². The summed E-state index contributed by atoms with van der Waals surface area (Å²) in [5.41, 5.74) is -0.0315. The van der Waals surface area contributed by atoms with Crippen molar-refractivity contribution in [3.8, 4) is 11.5 Å². The number of rotatable bonds is 4. The van der Waals surface area contributed by atoms with Gasteiger partial charge in [-0.3, -0.25) is 10.1 Å². The number of ether oxygens (including phenoxy) is 1. The van der Waals surface area contributed by atoms with Crippen molar-refractivity contribution in [1.82, 2.24) is 0 Å². The van der Waals surface area contributed by atoms with Crippen molar-refractivity contribution in [2.75, 3.05) is 0 Å². The highest BCUT2D eigenvalue weighted by Crippen LogP contribution is 2.33. The van der Waals surface area contributed by atoms with Crippen molar-refractivity contribution >= 4 is 17.3 Å². The fourth-order valence-corrected chi connectivity index (χ4v) is 1.71. The molecule has 0 N–H and O–H groups in total. The number of alkyl halides is 1. The van der Waals surface area contributed by atoms with Crippen molar-refractivity contribution in [3.05, 3.63) is 63.7 Å². The van der Waals surface area contributed by atoms with E-state index in [9.17, 15) is 18.9 Å². The van der Waals surface area contributed by atoms with Crippen molar-refractivity contribution in [1.29, 1.82) is 0 Å². The van der Waals surface area contributed by atoms with E-state index in [0.29, 0.717) is 11.6 Å². The van der Waals surface area contributed by atoms with E-state index in [1.54, 1.807) is 0 Å². The molecule has 0 aliphatic rings. The Morgan fingerprint density at radius 3 is 2.45 bits per heavy atom. The van der Waals surface area contributed by atoms with Gasteiger partial charge in [-0.05, 0) is 29.8 Å². The van der Waals surface area contributed by atoms with Crippen molar-refractivity contribution in [2.24, 2.45) is 0 Å². The monoisotopic (exact) mass is 299 g/mol. The molecule has 7 heteroatoms. The van der Waals surface area contributed by atoms with Gasteiger partial charge in [0.15, 0.2) is 11.6 Å². The maximum absolute atomic E-state index is 13.7. The first-order valence-corrected chi connectivity index (χ1v) is 6.01. The van der Waals surface area contributed by atoms with Crippen LogP contribution in [0.1, 0.15) is 5.56 Å². The molecular weight excluding hydrogens is 292 g/mol. The number of nitro benzene ring substituents is 1. The lowest BCUT2D eigenvalue weighted by Crippen LogP contribution is -1.96. The minimum absolute atomic E-state index is 0.133. The summed E-state index contributed by atoms with van der Waals surface area (Å²) in [6, 6.07) is 6.77. The topological polar surface area (TPSA) is 52.4 Å². The van der Waals surface area contributed by atoms with Crippen LogP contribution in [-0.4, -0.2) is 4.92 Å². The Morgan fingerprint density at radius 1 is 1.15 bits per heavy atom. The summed E-state index contributed by atoms with van der Waals surface area (Å²) in [7, 11) is 0. The molecule has 104 valence electrons. The van der Waals surface area contributed by atoms with Gasteiger partial charge in [-0.2, -0.15) is 0 Å². The molecule has 0 atom stereocenters. The molecule has 2 rings (SSSR count). The van der Waals surface area contributed by atoms with Crippen LogP contribution in [0.4, 0.5) is 14.5 Å². The van der Waals surface area contributed by atoms with E-state index in [2.05, 4.69) is 0 Å². The summed E-state index contributed by atoms with van der Waals surface area (Å²) in [4.78, 5) is 10.00. The lowest BCUT2D eigenvalue weighted by Gasteiger charge is -2.08. The molecule has 0 amide bonds. The van der Waals surface area contributed by atoms with Gasteiger partial charge in [-0.1, -0.05) is 6.07 Å². The molecule has 0 bridgehead atoms. The quantitative estimate of drug-likeness (QED) is 0.477. The van der Waals surface area contributed by atoms with Crippen LogP contribution in [0.25, 0.3) is 0 Å². The van der Waals surface area contributed by atoms with Crippen LogP contribution in [0.3, 0.4) is 0 Å². The number of benzene rings is 2. The highest BCUT2D eigenvalue weighted by atomic mass is 35.5. The summed E-state index contributed by atoms with van der Waals surface area (Å²) >= 11 is 5.56. The van der Waals surface area contributed by atoms with E-state index in [1.807, 2.05) is 0 Å². The van der Waals surface area contributed by atoms with Crippen LogP contribution in [0.15, 0.2) is 36.4 Å². The number of halogens is 3. The van der Waals surface area contributed by atoms with Crippen LogP contribution in [0.5, 0.6) is 11.5 Å². The minimum Gasteiger partial charge on any atom is -0.447 e. The molecule has 20 heavy (non-hydrogen) atoms. The van der Waals surface area contributed by atoms with Crippen molar-refractivity contribution < 1.29 is 18.4 Å². The van der Waals surface area contributed by atoms with E-state index in [-0.39, 0.29) is 17.4 Å². The van der Waals surface area contributed by atoms with Crippen molar-refractivity contribution in [3.63, 3.8) is 0 Å². The number of nitro groups is 1. The molecule has 2 aromatic rings. The first-order valence-electron chi connectivity index (χ1n) is 5.47. The fraction of sp³-hybridized carbons (Fsp3) is 0.0769. The van der Waals surface area contributed by atoms with Crippen LogP contribution < -0.4 is 4.74 Å². The normalized spacial score (nSPS) is 10.3. The second-order valence-corrected chi connectivity index (χ2v) is 4.14. The highest BCUT2D eigenvalue weighted by Gasteiger charge is 2.18. The van der Waals surface area contributed by atoms with Gasteiger partial charge in [-0.15, -0.1) is 11.6 Å². The third-order valence-electron chi connectivity index (χ3n) is 2.49. The molecule has 0 aliphatic carbocycles. The molecule has 0 radical (unpaired) electrons. The van der Waals surface area contributed by atoms with Gasteiger partial charge < -0.3 is 4.74 Å². The van der Waals surface area contributed by atoms with Gasteiger partial charge >= 0.3 is 5.69 Å². The largest absolute Gasteiger partial charge is 0.447 e. The standard InChI is InChI=1S/C13H8ClF2NO3/c14-7-8-1-3-12(10(16)5-8)20-13-4-2-9(15)6-11(13)17(18)19/h1-6H,7H2. The van der Waals surface area contributed by atoms with Gasteiger partial charge in [0.05, 0.1) is 11.0 Å². The first kappa shape index (κ1) is 14.2. The van der Waals surface area contributed by atoms with Gasteiger partial charge in [0, 0.05) is 5.88 Å². The number of hydrogen-bond acceptors (Lipinski definition) is 3. The van der Waals surface area contributed by atoms with Crippen LogP contribution in [-0.2, 0) is 5.88 Å². The third kappa shape index (κ3) is 3.03. The van der Waals surface area contributed by atoms with Gasteiger partial charge in [0.2, 0.25) is 5.75 Å². The molecule has 0 saturated heterocycles. The third-order valence-corrected chi connectivity index (χ3v) is 2.80. The van der Waals surface area contributed by atoms with Gasteiger partial charge in [-0.25, -0.2) is 8.78 Å². The van der Waals surface area contributed by atoms with Gasteiger partial charge in [0.1, 0.15) is 5.82 Å². The van der Waals surface area contributed by atoms with Crippen LogP contribution in [0, 0.1) is 21.7 Å². The number of nitrogens with zero attached hydrogens (tertiary/aromatic N) is 1. The molecular formula is C13H8ClF2NO3. The molecule has 0 aliphatic heterocycles. The Hall–Kier alpha value is -2.21. The molecule has 0 spiro atoms. The Morgan fingerprint density at radius 2 is 1.85 bits per heavy atom. The predicted octanol–water partition coefficient (Wildman–Crippen LogP) is 4.40. The molecule has 0 aromatic heterocycles. The summed E-state index contributed by atoms with van der Waals surface area (Å²) in [5.74, 6) is -1.79. The lowest BCUT2D eigenvalue weighted by atomic mass is 10.2. The first-order chi connectivity index (χ1) is 9.51. The smallest absolute Gasteiger partial charge is 0.314 e. The zero-order valence-corrected chi connectivity index (χ0v) is 10.7. The van der Waals surface area contributed by atoms with E-state index >= 15 is 0 Å². The van der Waals surface area contributed by atoms with Crippen LogP contribution >= 0.6 is 11.6 Å². The second kappa shape index (κ2) is 5.83. The highest BCUT2D eigenvalue weighted by molar-refractivity contribution is 6.17. The Labute approximate surface area is 117 Å². The van der Waals surface area contributed by atoms with E-state index in [0.717, 1.165) is 18.2 Å². The lowest BCUT2D eigenvalue weighted by molar-refractivity contribution is -0.385. The molecule has 0 unspecified atom stereocenters. The average Bonchev–Trinajstić information content (AvgIpc) is 2.42. The zero-order chi connectivity index (χ0) is 14.7. The average molecular weight is 300 g/mol. The zero-order valence-electron chi connectivity index (χ0n) is 9.98. The molecule has 4 nitrogen and oxygen atoms in total. The minimum atomic E-state index is -0.802.